The standard InChI is InChI=1S/C16H15NO/c1-18-16-14-8-4-2-6-12(14)10-11-13-7-3-5-9-15(13)17-16/h2-9H,10-11H2,1H3. The van der Waals surface area contributed by atoms with Crippen LogP contribution in [0.15, 0.2) is 53.5 Å². The van der Waals surface area contributed by atoms with Crippen molar-refractivity contribution in [3.8, 4) is 0 Å². The quantitative estimate of drug-likeness (QED) is 0.687. The second kappa shape index (κ2) is 4.65. The smallest absolute Gasteiger partial charge is 0.221 e. The van der Waals surface area contributed by atoms with Gasteiger partial charge in [0.2, 0.25) is 5.90 Å². The number of hydrogen-bond acceptors (Lipinski definition) is 2. The molecule has 0 saturated carbocycles. The number of methoxy groups -OCH3 is 1. The Morgan fingerprint density at radius 1 is 0.889 bits per heavy atom. The second-order valence-electron chi connectivity index (χ2n) is 4.41. The van der Waals surface area contributed by atoms with Gasteiger partial charge in [-0.1, -0.05) is 36.4 Å². The number of aliphatic imine (C=N–C) groups is 1. The maximum absolute atomic E-state index is 5.46. The third kappa shape index (κ3) is 1.90. The summed E-state index contributed by atoms with van der Waals surface area (Å²) < 4.78 is 5.46. The van der Waals surface area contributed by atoms with Crippen molar-refractivity contribution >= 4 is 11.6 Å². The van der Waals surface area contributed by atoms with Crippen LogP contribution in [0.25, 0.3) is 0 Å². The Balaban J connectivity index is 2.19. The minimum Gasteiger partial charge on any atom is -0.481 e. The van der Waals surface area contributed by atoms with Gasteiger partial charge in [0.25, 0.3) is 0 Å². The van der Waals surface area contributed by atoms with Crippen molar-refractivity contribution in [1.82, 2.24) is 0 Å². The van der Waals surface area contributed by atoms with Crippen molar-refractivity contribution in [2.24, 2.45) is 4.99 Å². The van der Waals surface area contributed by atoms with Gasteiger partial charge < -0.3 is 4.74 Å². The minimum atomic E-state index is 0.706. The predicted octanol–water partition coefficient (Wildman–Crippen LogP) is 3.51. The van der Waals surface area contributed by atoms with Gasteiger partial charge in [-0.25, -0.2) is 4.99 Å². The molecule has 0 fully saturated rings. The molecule has 2 aromatic rings. The zero-order chi connectivity index (χ0) is 12.4. The number of ether oxygens (including phenoxy) is 1. The summed E-state index contributed by atoms with van der Waals surface area (Å²) in [6.45, 7) is 0. The molecule has 0 aliphatic carbocycles. The van der Waals surface area contributed by atoms with E-state index in [1.165, 1.54) is 11.1 Å². The van der Waals surface area contributed by atoms with Gasteiger partial charge in [0, 0.05) is 5.56 Å². The molecule has 1 aliphatic heterocycles. The molecular formula is C16H15NO. The zero-order valence-corrected chi connectivity index (χ0v) is 10.4. The first kappa shape index (κ1) is 11.0. The second-order valence-corrected chi connectivity index (χ2v) is 4.41. The summed E-state index contributed by atoms with van der Waals surface area (Å²) in [6.07, 6.45) is 2.04. The van der Waals surface area contributed by atoms with Crippen molar-refractivity contribution in [2.75, 3.05) is 7.11 Å². The molecule has 0 N–H and O–H groups in total. The number of hydrogen-bond donors (Lipinski definition) is 0. The monoisotopic (exact) mass is 237 g/mol. The number of rotatable bonds is 0. The van der Waals surface area contributed by atoms with Crippen molar-refractivity contribution in [3.05, 3.63) is 65.2 Å². The van der Waals surface area contributed by atoms with Crippen LogP contribution in [0.1, 0.15) is 16.7 Å². The molecule has 2 nitrogen and oxygen atoms in total. The lowest BCUT2D eigenvalue weighted by Crippen LogP contribution is -2.10. The van der Waals surface area contributed by atoms with Crippen molar-refractivity contribution in [1.29, 1.82) is 0 Å². The van der Waals surface area contributed by atoms with E-state index >= 15 is 0 Å². The van der Waals surface area contributed by atoms with Crippen LogP contribution < -0.4 is 0 Å². The zero-order valence-electron chi connectivity index (χ0n) is 10.4. The highest BCUT2D eigenvalue weighted by Crippen LogP contribution is 2.26. The first-order valence-corrected chi connectivity index (χ1v) is 6.17. The summed E-state index contributed by atoms with van der Waals surface area (Å²) >= 11 is 0. The molecule has 0 unspecified atom stereocenters. The molecule has 2 heteroatoms. The number of benzene rings is 2. The average Bonchev–Trinajstić information content (AvgIpc) is 2.41. The number of para-hydroxylation sites is 1. The lowest BCUT2D eigenvalue weighted by atomic mass is 9.97. The van der Waals surface area contributed by atoms with Gasteiger partial charge in [0.1, 0.15) is 0 Å². The maximum Gasteiger partial charge on any atom is 0.221 e. The summed E-state index contributed by atoms with van der Waals surface area (Å²) in [5, 5.41) is 0. The van der Waals surface area contributed by atoms with Gasteiger partial charge in [-0.2, -0.15) is 0 Å². The van der Waals surface area contributed by atoms with Gasteiger partial charge in [-0.05, 0) is 36.1 Å². The van der Waals surface area contributed by atoms with Crippen molar-refractivity contribution in [3.63, 3.8) is 0 Å². The summed E-state index contributed by atoms with van der Waals surface area (Å²) in [6, 6.07) is 16.6. The van der Waals surface area contributed by atoms with Crippen LogP contribution >= 0.6 is 0 Å². The van der Waals surface area contributed by atoms with Gasteiger partial charge in [0.15, 0.2) is 0 Å². The average molecular weight is 237 g/mol. The summed E-state index contributed by atoms with van der Waals surface area (Å²) in [5.74, 6) is 0.706. The fourth-order valence-corrected chi connectivity index (χ4v) is 2.37. The van der Waals surface area contributed by atoms with Crippen LogP contribution in [0.3, 0.4) is 0 Å². The van der Waals surface area contributed by atoms with Gasteiger partial charge >= 0.3 is 0 Å². The van der Waals surface area contributed by atoms with Crippen LogP contribution in [-0.4, -0.2) is 13.0 Å². The number of nitrogens with zero attached hydrogens (tertiary/aromatic N) is 1. The van der Waals surface area contributed by atoms with Crippen molar-refractivity contribution in [2.45, 2.75) is 12.8 Å². The van der Waals surface area contributed by atoms with Gasteiger partial charge in [0.05, 0.1) is 12.8 Å². The first-order chi connectivity index (χ1) is 8.88. The molecule has 18 heavy (non-hydrogen) atoms. The van der Waals surface area contributed by atoms with E-state index in [0.717, 1.165) is 24.1 Å². The van der Waals surface area contributed by atoms with Crippen LogP contribution in [0.2, 0.25) is 0 Å². The molecule has 90 valence electrons. The van der Waals surface area contributed by atoms with E-state index in [-0.39, 0.29) is 0 Å². The molecule has 1 aliphatic rings. The molecule has 0 atom stereocenters. The van der Waals surface area contributed by atoms with Gasteiger partial charge in [-0.15, -0.1) is 0 Å². The van der Waals surface area contributed by atoms with E-state index in [1.807, 2.05) is 18.2 Å². The fourth-order valence-electron chi connectivity index (χ4n) is 2.37. The minimum absolute atomic E-state index is 0.706. The largest absolute Gasteiger partial charge is 0.481 e. The van der Waals surface area contributed by atoms with Crippen LogP contribution in [0.4, 0.5) is 5.69 Å². The highest BCUT2D eigenvalue weighted by atomic mass is 16.5. The van der Waals surface area contributed by atoms with E-state index in [2.05, 4.69) is 35.3 Å². The Morgan fingerprint density at radius 2 is 1.56 bits per heavy atom. The highest BCUT2D eigenvalue weighted by Gasteiger charge is 2.14. The third-order valence-corrected chi connectivity index (χ3v) is 3.32. The normalized spacial score (nSPS) is 13.7. The Morgan fingerprint density at radius 3 is 2.39 bits per heavy atom. The molecule has 0 aromatic heterocycles. The number of aryl methyl sites for hydroxylation is 2. The Labute approximate surface area is 107 Å². The van der Waals surface area contributed by atoms with E-state index < -0.39 is 0 Å². The van der Waals surface area contributed by atoms with E-state index in [1.54, 1.807) is 7.11 Å². The first-order valence-electron chi connectivity index (χ1n) is 6.17. The molecule has 0 radical (unpaired) electrons. The van der Waals surface area contributed by atoms with Crippen LogP contribution in [0, 0.1) is 0 Å². The summed E-state index contributed by atoms with van der Waals surface area (Å²) in [7, 11) is 1.68. The predicted molar refractivity (Wildman–Crippen MR) is 73.5 cm³/mol. The third-order valence-electron chi connectivity index (χ3n) is 3.32. The molecule has 0 spiro atoms. The number of fused-ring (bicyclic) bond motifs is 2. The van der Waals surface area contributed by atoms with Crippen LogP contribution in [-0.2, 0) is 17.6 Å². The molecule has 3 rings (SSSR count). The maximum atomic E-state index is 5.46. The topological polar surface area (TPSA) is 21.6 Å². The van der Waals surface area contributed by atoms with E-state index in [4.69, 9.17) is 4.74 Å². The molecule has 0 saturated heterocycles. The summed E-state index contributed by atoms with van der Waals surface area (Å²) in [5.41, 5.74) is 4.70. The fraction of sp³-hybridized carbons (Fsp3) is 0.188. The lowest BCUT2D eigenvalue weighted by Gasteiger charge is -2.15. The molecule has 0 bridgehead atoms. The Kier molecular flexibility index (Phi) is 2.85. The van der Waals surface area contributed by atoms with Crippen molar-refractivity contribution < 1.29 is 4.74 Å². The Bertz CT molecular complexity index is 602. The van der Waals surface area contributed by atoms with Crippen LogP contribution in [0.5, 0.6) is 0 Å². The van der Waals surface area contributed by atoms with E-state index in [9.17, 15) is 0 Å². The highest BCUT2D eigenvalue weighted by molar-refractivity contribution is 5.97. The molecular weight excluding hydrogens is 222 g/mol. The van der Waals surface area contributed by atoms with Gasteiger partial charge in [-0.3, -0.25) is 0 Å². The van der Waals surface area contributed by atoms with E-state index in [0.29, 0.717) is 5.90 Å². The lowest BCUT2D eigenvalue weighted by molar-refractivity contribution is 0.404. The SMILES string of the molecule is COC1=Nc2ccccc2CCc2ccccc21. The Hall–Kier alpha value is -2.09. The molecule has 2 aromatic carbocycles. The molecule has 1 heterocycles. The molecule has 0 amide bonds. The summed E-state index contributed by atoms with van der Waals surface area (Å²) in [4.78, 5) is 4.65.